The van der Waals surface area contributed by atoms with E-state index in [0.29, 0.717) is 0 Å². The van der Waals surface area contributed by atoms with Crippen LogP contribution in [0.1, 0.15) is 59.3 Å². The van der Waals surface area contributed by atoms with Crippen molar-refractivity contribution in [2.75, 3.05) is 0 Å². The van der Waals surface area contributed by atoms with Gasteiger partial charge >= 0.3 is 136 Å². The molecule has 2 aromatic heterocycles. The maximum atomic E-state index is 4.87. The molecule has 0 fully saturated rings. The number of nitrogens with zero attached hydrogens (tertiary/aromatic N) is 2. The van der Waals surface area contributed by atoms with E-state index in [9.17, 15) is 0 Å². The monoisotopic (exact) mass is 694 g/mol. The number of hydrogen-bond acceptors (Lipinski definition) is 4. The summed E-state index contributed by atoms with van der Waals surface area (Å²) in [5.74, 6) is 0. The number of aromatic nitrogens is 2. The molecule has 0 amide bonds. The zero-order valence-electron chi connectivity index (χ0n) is 15.9. The average Bonchev–Trinajstić information content (AvgIpc) is 3.23. The van der Waals surface area contributed by atoms with Gasteiger partial charge in [-0.1, -0.05) is 0 Å². The van der Waals surface area contributed by atoms with Gasteiger partial charge in [-0.25, -0.2) is 4.98 Å². The Hall–Kier alpha value is 1.50. The topological polar surface area (TPSA) is 25.8 Å². The van der Waals surface area contributed by atoms with Gasteiger partial charge in [0.25, 0.3) is 0 Å². The van der Waals surface area contributed by atoms with Crippen LogP contribution >= 0.6 is 70.5 Å². The standard InChI is InChI=1S/3C4H9.C3HBr2NS.C3HBrNS.Sn/c3*1-3-4-2;4-2-1-7-3(5)6-2;4-3-1-6-2-5-3;/h3*1,3-4H2,2H3;1H;1H;. The van der Waals surface area contributed by atoms with Crippen molar-refractivity contribution in [3.05, 3.63) is 23.9 Å². The van der Waals surface area contributed by atoms with Crippen LogP contribution in [-0.4, -0.2) is 28.3 Å². The fourth-order valence-corrected chi connectivity index (χ4v) is 24.9. The van der Waals surface area contributed by atoms with Crippen molar-refractivity contribution < 1.29 is 0 Å². The van der Waals surface area contributed by atoms with Gasteiger partial charge in [0.2, 0.25) is 0 Å². The van der Waals surface area contributed by atoms with Crippen molar-refractivity contribution >= 4 is 91.9 Å². The quantitative estimate of drug-likeness (QED) is 0.233. The first-order valence-corrected chi connectivity index (χ1v) is 21.0. The van der Waals surface area contributed by atoms with Gasteiger partial charge in [0.15, 0.2) is 3.92 Å². The predicted octanol–water partition coefficient (Wildman–Crippen LogP) is 8.63. The third-order valence-electron chi connectivity index (χ3n) is 4.40. The van der Waals surface area contributed by atoms with Crippen LogP contribution in [0.15, 0.2) is 23.9 Å². The van der Waals surface area contributed by atoms with Crippen LogP contribution in [0, 0.1) is 0 Å². The van der Waals surface area contributed by atoms with Crippen LogP contribution in [0.4, 0.5) is 0 Å². The number of unbranched alkanes of at least 4 members (excludes halogenated alkanes) is 3. The first kappa shape index (κ1) is 25.5. The van der Waals surface area contributed by atoms with Crippen molar-refractivity contribution in [3.63, 3.8) is 0 Å². The fraction of sp³-hybridized carbons (Fsp3) is 0.667. The molecule has 0 aliphatic rings. The summed E-state index contributed by atoms with van der Waals surface area (Å²) in [6.07, 6.45) is 8.26. The molecule has 0 N–H and O–H groups in total. The Kier molecular flexibility index (Phi) is 14.2. The molecule has 0 atom stereocenters. The summed E-state index contributed by atoms with van der Waals surface area (Å²) in [6, 6.07) is 0. The zero-order chi connectivity index (χ0) is 19.4. The van der Waals surface area contributed by atoms with Crippen molar-refractivity contribution in [1.82, 2.24) is 9.97 Å². The summed E-state index contributed by atoms with van der Waals surface area (Å²) < 4.78 is 9.01. The van der Waals surface area contributed by atoms with Gasteiger partial charge in [-0.15, -0.1) is 11.3 Å². The number of hydrogen-bond donors (Lipinski definition) is 0. The summed E-state index contributed by atoms with van der Waals surface area (Å²) in [5.41, 5.74) is 0. The molecular weight excluding hydrogens is 667 g/mol. The Labute approximate surface area is 196 Å². The van der Waals surface area contributed by atoms with Crippen LogP contribution < -0.4 is 3.02 Å². The molecule has 2 aromatic rings. The normalized spacial score (nSPS) is 11.3. The van der Waals surface area contributed by atoms with Crippen molar-refractivity contribution in [3.8, 4) is 0 Å². The summed E-state index contributed by atoms with van der Waals surface area (Å²) in [4.78, 5) is 8.83. The van der Waals surface area contributed by atoms with Crippen LogP contribution in [0.5, 0.6) is 0 Å². The molecule has 0 saturated heterocycles. The molecule has 0 bridgehead atoms. The maximum absolute atomic E-state index is 4.87. The van der Waals surface area contributed by atoms with Crippen molar-refractivity contribution in [2.45, 2.75) is 72.6 Å². The summed E-state index contributed by atoms with van der Waals surface area (Å²) in [6.45, 7) is 6.98. The van der Waals surface area contributed by atoms with Gasteiger partial charge in [0.1, 0.15) is 4.60 Å². The average molecular weight is 696 g/mol. The van der Waals surface area contributed by atoms with Crippen LogP contribution in [0.3, 0.4) is 0 Å². The van der Waals surface area contributed by atoms with E-state index in [1.165, 1.54) is 51.8 Å². The molecule has 0 radical (unpaired) electrons. The summed E-state index contributed by atoms with van der Waals surface area (Å²) >= 11 is 11.3. The van der Waals surface area contributed by atoms with E-state index in [0.717, 1.165) is 13.1 Å². The van der Waals surface area contributed by atoms with E-state index in [2.05, 4.69) is 78.9 Å². The molecule has 0 unspecified atom stereocenters. The van der Waals surface area contributed by atoms with Crippen molar-refractivity contribution in [2.24, 2.45) is 0 Å². The van der Waals surface area contributed by atoms with E-state index in [4.69, 9.17) is 4.98 Å². The van der Waals surface area contributed by atoms with E-state index >= 15 is 0 Å². The van der Waals surface area contributed by atoms with Crippen LogP contribution in [0.2, 0.25) is 13.3 Å². The van der Waals surface area contributed by atoms with Gasteiger partial charge < -0.3 is 0 Å². The minimum atomic E-state index is -2.20. The second kappa shape index (κ2) is 14.5. The number of thiazole rings is 2. The molecular formula is C18H29Br3N2S2Sn. The Morgan fingerprint density at radius 3 is 1.50 bits per heavy atom. The SMILES string of the molecule is Brc1csc(Br)n1.CCC[CH2][Sn]([CH2]CCC)([CH2]CCC)[c]1nc(Br)cs1. The molecule has 2 heterocycles. The second-order valence-electron chi connectivity index (χ2n) is 6.49. The van der Waals surface area contributed by atoms with Crippen molar-refractivity contribution in [1.29, 1.82) is 0 Å². The minimum absolute atomic E-state index is 0.893. The summed E-state index contributed by atoms with van der Waals surface area (Å²) in [5, 5.41) is 4.12. The fourth-order valence-electron chi connectivity index (χ4n) is 2.97. The second-order valence-corrected chi connectivity index (χ2v) is 25.1. The van der Waals surface area contributed by atoms with Crippen LogP contribution in [0.25, 0.3) is 0 Å². The molecule has 0 aliphatic carbocycles. The molecule has 2 nitrogen and oxygen atoms in total. The van der Waals surface area contributed by atoms with E-state index in [1.807, 2.05) is 16.7 Å². The molecule has 0 spiro atoms. The van der Waals surface area contributed by atoms with E-state index in [1.54, 1.807) is 14.4 Å². The third kappa shape index (κ3) is 9.33. The number of halogens is 3. The summed E-state index contributed by atoms with van der Waals surface area (Å²) in [7, 11) is 0. The molecule has 26 heavy (non-hydrogen) atoms. The van der Waals surface area contributed by atoms with Crippen LogP contribution in [-0.2, 0) is 0 Å². The van der Waals surface area contributed by atoms with Gasteiger partial charge in [-0.2, -0.15) is 0 Å². The first-order valence-electron chi connectivity index (χ1n) is 9.35. The molecule has 0 aliphatic heterocycles. The Bertz CT molecular complexity index is 581. The zero-order valence-corrected chi connectivity index (χ0v) is 25.1. The van der Waals surface area contributed by atoms with Gasteiger partial charge in [-0.3, -0.25) is 0 Å². The molecule has 0 aromatic carbocycles. The molecule has 148 valence electrons. The van der Waals surface area contributed by atoms with Gasteiger partial charge in [-0.05, 0) is 31.9 Å². The van der Waals surface area contributed by atoms with E-state index < -0.39 is 18.4 Å². The Morgan fingerprint density at radius 1 is 0.769 bits per heavy atom. The first-order chi connectivity index (χ1) is 12.5. The number of rotatable bonds is 10. The van der Waals surface area contributed by atoms with Gasteiger partial charge in [0.05, 0.1) is 0 Å². The molecule has 0 saturated carbocycles. The predicted molar refractivity (Wildman–Crippen MR) is 132 cm³/mol. The van der Waals surface area contributed by atoms with Gasteiger partial charge in [0, 0.05) is 5.38 Å². The third-order valence-corrected chi connectivity index (χ3v) is 25.9. The van der Waals surface area contributed by atoms with E-state index in [-0.39, 0.29) is 0 Å². The molecule has 8 heteroatoms. The Morgan fingerprint density at radius 2 is 1.23 bits per heavy atom. The molecule has 2 rings (SSSR count). The Balaban J connectivity index is 0.000000401.